The van der Waals surface area contributed by atoms with Gasteiger partial charge in [0.05, 0.1) is 6.54 Å². The van der Waals surface area contributed by atoms with Crippen LogP contribution < -0.4 is 11.1 Å². The Balaban J connectivity index is 1.79. The molecular formula is C12H23N3O. The number of nitrogens with one attached hydrogen (secondary N) is 1. The van der Waals surface area contributed by atoms with Crippen LogP contribution in [0.15, 0.2) is 0 Å². The maximum atomic E-state index is 11.6. The number of rotatable bonds is 3. The number of fused-ring (bicyclic) bond motifs is 1. The number of carbonyl (C=O) groups is 1. The molecule has 1 saturated carbocycles. The van der Waals surface area contributed by atoms with Crippen molar-refractivity contribution in [3.8, 4) is 0 Å². The van der Waals surface area contributed by atoms with E-state index in [2.05, 4.69) is 10.2 Å². The number of hydrogen-bond donors (Lipinski definition) is 2. The average Bonchev–Trinajstić information content (AvgIpc) is 2.67. The molecule has 4 heteroatoms. The molecule has 1 amide bonds. The zero-order chi connectivity index (χ0) is 11.7. The van der Waals surface area contributed by atoms with E-state index in [0.717, 1.165) is 19.0 Å². The monoisotopic (exact) mass is 225 g/mol. The summed E-state index contributed by atoms with van der Waals surface area (Å²) in [4.78, 5) is 13.9. The number of nitrogens with zero attached hydrogens (tertiary/aromatic N) is 1. The highest BCUT2D eigenvalue weighted by atomic mass is 16.2. The molecule has 0 spiro atoms. The Morgan fingerprint density at radius 1 is 1.44 bits per heavy atom. The molecule has 4 nitrogen and oxygen atoms in total. The highest BCUT2D eigenvalue weighted by Crippen LogP contribution is 2.36. The largest absolute Gasteiger partial charge is 0.353 e. The summed E-state index contributed by atoms with van der Waals surface area (Å²) in [6.45, 7) is 6.60. The number of nitrogens with two attached hydrogens (primary N) is 1. The van der Waals surface area contributed by atoms with Gasteiger partial charge in [0.15, 0.2) is 0 Å². The predicted molar refractivity (Wildman–Crippen MR) is 63.9 cm³/mol. The van der Waals surface area contributed by atoms with Crippen molar-refractivity contribution in [3.05, 3.63) is 0 Å². The smallest absolute Gasteiger partial charge is 0.234 e. The van der Waals surface area contributed by atoms with E-state index in [0.29, 0.717) is 18.5 Å². The van der Waals surface area contributed by atoms with E-state index >= 15 is 0 Å². The van der Waals surface area contributed by atoms with Crippen LogP contribution in [0.5, 0.6) is 0 Å². The summed E-state index contributed by atoms with van der Waals surface area (Å²) in [6, 6.07) is 0.597. The molecular weight excluding hydrogens is 202 g/mol. The highest BCUT2D eigenvalue weighted by Gasteiger charge is 2.41. The maximum Gasteiger partial charge on any atom is 0.234 e. The summed E-state index contributed by atoms with van der Waals surface area (Å²) in [5.74, 6) is 1.51. The van der Waals surface area contributed by atoms with Crippen molar-refractivity contribution in [2.45, 2.75) is 38.8 Å². The number of amides is 1. The van der Waals surface area contributed by atoms with Crippen molar-refractivity contribution in [1.82, 2.24) is 10.2 Å². The number of carbonyl (C=O) groups excluding carboxylic acids is 1. The lowest BCUT2D eigenvalue weighted by molar-refractivity contribution is -0.122. The van der Waals surface area contributed by atoms with Gasteiger partial charge in [0.25, 0.3) is 0 Å². The topological polar surface area (TPSA) is 58.4 Å². The van der Waals surface area contributed by atoms with Crippen LogP contribution >= 0.6 is 0 Å². The summed E-state index contributed by atoms with van der Waals surface area (Å²) >= 11 is 0. The molecule has 3 atom stereocenters. The Labute approximate surface area is 97.6 Å². The first-order valence-electron chi connectivity index (χ1n) is 6.33. The molecule has 0 radical (unpaired) electrons. The lowest BCUT2D eigenvalue weighted by Gasteiger charge is -2.18. The van der Waals surface area contributed by atoms with Gasteiger partial charge < -0.3 is 11.1 Å². The molecule has 3 N–H and O–H groups in total. The second-order valence-electron chi connectivity index (χ2n) is 5.58. The van der Waals surface area contributed by atoms with Gasteiger partial charge in [0.1, 0.15) is 0 Å². The molecule has 0 aromatic rings. The summed E-state index contributed by atoms with van der Waals surface area (Å²) in [6.07, 6.45) is 2.41. The Bertz CT molecular complexity index is 267. The molecule has 92 valence electrons. The van der Waals surface area contributed by atoms with Gasteiger partial charge in [-0.05, 0) is 38.5 Å². The number of hydrogen-bond acceptors (Lipinski definition) is 3. The van der Waals surface area contributed by atoms with E-state index in [4.69, 9.17) is 5.73 Å². The van der Waals surface area contributed by atoms with Crippen LogP contribution in [0.2, 0.25) is 0 Å². The van der Waals surface area contributed by atoms with Crippen LogP contribution in [0, 0.1) is 11.8 Å². The Kier molecular flexibility index (Phi) is 3.50. The molecule has 2 fully saturated rings. The Hall–Kier alpha value is -0.610. The minimum atomic E-state index is 0.142. The lowest BCUT2D eigenvalue weighted by Crippen LogP contribution is -2.40. The molecule has 1 heterocycles. The molecule has 16 heavy (non-hydrogen) atoms. The first-order chi connectivity index (χ1) is 7.56. The molecule has 3 unspecified atom stereocenters. The highest BCUT2D eigenvalue weighted by molar-refractivity contribution is 5.78. The zero-order valence-corrected chi connectivity index (χ0v) is 10.3. The lowest BCUT2D eigenvalue weighted by atomic mass is 9.98. The van der Waals surface area contributed by atoms with Crippen LogP contribution in [0.25, 0.3) is 0 Å². The second kappa shape index (κ2) is 4.72. The maximum absolute atomic E-state index is 11.6. The summed E-state index contributed by atoms with van der Waals surface area (Å²) in [5.41, 5.74) is 6.07. The van der Waals surface area contributed by atoms with Gasteiger partial charge in [0, 0.05) is 25.2 Å². The molecule has 1 aliphatic heterocycles. The third-order valence-corrected chi connectivity index (χ3v) is 3.80. The van der Waals surface area contributed by atoms with E-state index in [1.807, 2.05) is 13.8 Å². The normalized spacial score (nSPS) is 34.4. The fourth-order valence-corrected chi connectivity index (χ4v) is 3.10. The van der Waals surface area contributed by atoms with Gasteiger partial charge in [-0.2, -0.15) is 0 Å². The third kappa shape index (κ3) is 2.55. The van der Waals surface area contributed by atoms with Crippen molar-refractivity contribution < 1.29 is 4.79 Å². The van der Waals surface area contributed by atoms with Crippen molar-refractivity contribution in [3.63, 3.8) is 0 Å². The quantitative estimate of drug-likeness (QED) is 0.720. The molecule has 2 aliphatic rings. The standard InChI is InChI=1S/C12H23N3O/c1-8(2)14-12(16)7-15-5-9-3-4-11(13)10(9)6-15/h8-11H,3-7,13H2,1-2H3,(H,14,16). The predicted octanol–water partition coefficient (Wildman–Crippen LogP) is 0.180. The first-order valence-corrected chi connectivity index (χ1v) is 6.33. The van der Waals surface area contributed by atoms with Crippen molar-refractivity contribution >= 4 is 5.91 Å². The fourth-order valence-electron chi connectivity index (χ4n) is 3.10. The second-order valence-corrected chi connectivity index (χ2v) is 5.58. The van der Waals surface area contributed by atoms with E-state index in [1.54, 1.807) is 0 Å². The van der Waals surface area contributed by atoms with Gasteiger partial charge in [-0.25, -0.2) is 0 Å². The van der Waals surface area contributed by atoms with Crippen LogP contribution in [0.3, 0.4) is 0 Å². The minimum Gasteiger partial charge on any atom is -0.353 e. The van der Waals surface area contributed by atoms with E-state index in [1.165, 1.54) is 12.8 Å². The third-order valence-electron chi connectivity index (χ3n) is 3.80. The molecule has 1 saturated heterocycles. The van der Waals surface area contributed by atoms with Crippen molar-refractivity contribution in [2.24, 2.45) is 17.6 Å². The Morgan fingerprint density at radius 3 is 2.81 bits per heavy atom. The van der Waals surface area contributed by atoms with Gasteiger partial charge in [-0.1, -0.05) is 0 Å². The zero-order valence-electron chi connectivity index (χ0n) is 10.3. The summed E-state index contributed by atoms with van der Waals surface area (Å²) in [7, 11) is 0. The van der Waals surface area contributed by atoms with Gasteiger partial charge in [-0.3, -0.25) is 9.69 Å². The molecule has 0 bridgehead atoms. The SMILES string of the molecule is CC(C)NC(=O)CN1CC2CCC(N)C2C1. The minimum absolute atomic E-state index is 0.142. The van der Waals surface area contributed by atoms with Crippen LogP contribution in [-0.2, 0) is 4.79 Å². The fraction of sp³-hybridized carbons (Fsp3) is 0.917. The van der Waals surface area contributed by atoms with Crippen LogP contribution in [0.1, 0.15) is 26.7 Å². The van der Waals surface area contributed by atoms with E-state index < -0.39 is 0 Å². The van der Waals surface area contributed by atoms with Crippen LogP contribution in [0.4, 0.5) is 0 Å². The molecule has 0 aromatic carbocycles. The van der Waals surface area contributed by atoms with Crippen LogP contribution in [-0.4, -0.2) is 42.5 Å². The molecule has 1 aliphatic carbocycles. The number of likely N-dealkylation sites (tertiary alicyclic amines) is 1. The van der Waals surface area contributed by atoms with Crippen molar-refractivity contribution in [2.75, 3.05) is 19.6 Å². The average molecular weight is 225 g/mol. The Morgan fingerprint density at radius 2 is 2.19 bits per heavy atom. The molecule has 2 rings (SSSR count). The van der Waals surface area contributed by atoms with Gasteiger partial charge in [-0.15, -0.1) is 0 Å². The van der Waals surface area contributed by atoms with E-state index in [9.17, 15) is 4.79 Å². The summed E-state index contributed by atoms with van der Waals surface area (Å²) < 4.78 is 0. The summed E-state index contributed by atoms with van der Waals surface area (Å²) in [5, 5.41) is 2.93. The van der Waals surface area contributed by atoms with Crippen molar-refractivity contribution in [1.29, 1.82) is 0 Å². The van der Waals surface area contributed by atoms with Gasteiger partial charge >= 0.3 is 0 Å². The van der Waals surface area contributed by atoms with Gasteiger partial charge in [0.2, 0.25) is 5.91 Å². The molecule has 0 aromatic heterocycles. The van der Waals surface area contributed by atoms with E-state index in [-0.39, 0.29) is 11.9 Å². The first kappa shape index (κ1) is 11.9.